The first-order valence-electron chi connectivity index (χ1n) is 9.12. The lowest BCUT2D eigenvalue weighted by atomic mass is 10.1. The molecule has 0 N–H and O–H groups in total. The highest BCUT2D eigenvalue weighted by atomic mass is 35.5. The van der Waals surface area contributed by atoms with E-state index in [-0.39, 0.29) is 34.8 Å². The van der Waals surface area contributed by atoms with Crippen LogP contribution in [-0.2, 0) is 25.4 Å². The van der Waals surface area contributed by atoms with Crippen LogP contribution in [0.3, 0.4) is 0 Å². The van der Waals surface area contributed by atoms with Gasteiger partial charge in [-0.2, -0.15) is 4.98 Å². The number of nitrogens with zero attached hydrogens (tertiary/aromatic N) is 5. The quantitative estimate of drug-likeness (QED) is 0.445. The Bertz CT molecular complexity index is 1230. The molecule has 0 aliphatic heterocycles. The van der Waals surface area contributed by atoms with E-state index in [0.717, 1.165) is 16.0 Å². The number of aromatic nitrogens is 5. The normalized spacial score (nSPS) is 12.7. The molecule has 3 aromatic rings. The second-order valence-electron chi connectivity index (χ2n) is 7.23. The van der Waals surface area contributed by atoms with E-state index in [9.17, 15) is 14.4 Å². The lowest BCUT2D eigenvalue weighted by Gasteiger charge is -2.17. The molecule has 0 spiro atoms. The van der Waals surface area contributed by atoms with Crippen molar-refractivity contribution in [1.82, 2.24) is 23.3 Å². The fraction of sp³-hybridized carbons (Fsp3) is 0.474. The summed E-state index contributed by atoms with van der Waals surface area (Å²) in [6.45, 7) is 6.18. The molecule has 0 radical (unpaired) electrons. The van der Waals surface area contributed by atoms with Crippen LogP contribution >= 0.6 is 11.6 Å². The minimum atomic E-state index is -0.547. The molecule has 29 heavy (non-hydrogen) atoms. The maximum Gasteiger partial charge on any atom is 0.332 e. The summed E-state index contributed by atoms with van der Waals surface area (Å²) in [5.74, 6) is -0.203. The summed E-state index contributed by atoms with van der Waals surface area (Å²) in [5.41, 5.74) is 1.52. The third kappa shape index (κ3) is 3.34. The number of methoxy groups -OCH3 is 1. The average Bonchev–Trinajstić information content (AvgIpc) is 3.15. The van der Waals surface area contributed by atoms with Gasteiger partial charge >= 0.3 is 5.69 Å². The van der Waals surface area contributed by atoms with Crippen molar-refractivity contribution in [2.24, 2.45) is 14.1 Å². The Morgan fingerprint density at radius 1 is 1.24 bits per heavy atom. The van der Waals surface area contributed by atoms with Gasteiger partial charge in [-0.1, -0.05) is 0 Å². The molecule has 10 heteroatoms. The monoisotopic (exact) mass is 421 g/mol. The molecular weight excluding hydrogens is 398 g/mol. The highest BCUT2D eigenvalue weighted by Crippen LogP contribution is 2.23. The van der Waals surface area contributed by atoms with Gasteiger partial charge in [0, 0.05) is 38.2 Å². The molecule has 0 amide bonds. The van der Waals surface area contributed by atoms with Crippen molar-refractivity contribution < 1.29 is 9.53 Å². The molecule has 9 nitrogen and oxygen atoms in total. The molecule has 156 valence electrons. The largest absolute Gasteiger partial charge is 0.383 e. The number of hydrogen-bond acceptors (Lipinski definition) is 5. The van der Waals surface area contributed by atoms with Crippen molar-refractivity contribution in [1.29, 1.82) is 0 Å². The van der Waals surface area contributed by atoms with Gasteiger partial charge in [0.25, 0.3) is 5.56 Å². The fourth-order valence-electron chi connectivity index (χ4n) is 3.85. The van der Waals surface area contributed by atoms with Gasteiger partial charge in [0.1, 0.15) is 0 Å². The van der Waals surface area contributed by atoms with Crippen molar-refractivity contribution >= 4 is 28.5 Å². The van der Waals surface area contributed by atoms with Gasteiger partial charge in [0.05, 0.1) is 19.2 Å². The van der Waals surface area contributed by atoms with E-state index < -0.39 is 11.2 Å². The number of carbonyl (C=O) groups is 1. The topological polar surface area (TPSA) is 93.1 Å². The first kappa shape index (κ1) is 21.1. The third-order valence-corrected chi connectivity index (χ3v) is 5.53. The highest BCUT2D eigenvalue weighted by Gasteiger charge is 2.23. The number of hydrogen-bond donors (Lipinski definition) is 0. The Balaban J connectivity index is 2.08. The lowest BCUT2D eigenvalue weighted by molar-refractivity contribution is 0.0972. The first-order chi connectivity index (χ1) is 13.6. The van der Waals surface area contributed by atoms with Gasteiger partial charge in [0.15, 0.2) is 16.9 Å². The van der Waals surface area contributed by atoms with Gasteiger partial charge < -0.3 is 13.9 Å². The van der Waals surface area contributed by atoms with Gasteiger partial charge in [-0.15, -0.1) is 0 Å². The number of ketones is 1. The maximum absolute atomic E-state index is 13.1. The molecule has 3 rings (SSSR count). The molecule has 1 atom stereocenters. The number of carbonyl (C=O) groups excluding carboxylic acids is 1. The van der Waals surface area contributed by atoms with E-state index in [2.05, 4.69) is 4.98 Å². The predicted octanol–water partition coefficient (Wildman–Crippen LogP) is 1.60. The van der Waals surface area contributed by atoms with Crippen LogP contribution < -0.4 is 11.2 Å². The number of rotatable bonds is 6. The lowest BCUT2D eigenvalue weighted by Crippen LogP contribution is -2.37. The fourth-order valence-corrected chi connectivity index (χ4v) is 4.07. The molecule has 0 saturated heterocycles. The molecule has 0 aliphatic rings. The number of halogens is 1. The van der Waals surface area contributed by atoms with Gasteiger partial charge in [-0.3, -0.25) is 18.7 Å². The van der Waals surface area contributed by atoms with Crippen LogP contribution in [0, 0.1) is 13.8 Å². The van der Waals surface area contributed by atoms with Gasteiger partial charge in [-0.25, -0.2) is 4.79 Å². The average molecular weight is 422 g/mol. The smallest absolute Gasteiger partial charge is 0.332 e. The Morgan fingerprint density at radius 3 is 2.52 bits per heavy atom. The van der Waals surface area contributed by atoms with E-state index in [0.29, 0.717) is 12.2 Å². The van der Waals surface area contributed by atoms with Crippen LogP contribution in [0.2, 0.25) is 5.28 Å². The van der Waals surface area contributed by atoms with Crippen LogP contribution in [0.4, 0.5) is 0 Å². The van der Waals surface area contributed by atoms with E-state index in [1.54, 1.807) is 7.11 Å². The SMILES string of the molecule is COC[C@H](C)n1c(C)cc(C(=O)Cn2c(Cl)nc3c2c(=O)n(C)c(=O)n3C)c1C. The zero-order chi connectivity index (χ0) is 21.6. The zero-order valence-corrected chi connectivity index (χ0v) is 18.1. The number of ether oxygens (including phenoxy) is 1. The minimum absolute atomic E-state index is 0.0202. The Hall–Kier alpha value is -2.65. The molecule has 0 bridgehead atoms. The third-order valence-electron chi connectivity index (χ3n) is 5.24. The molecule has 0 saturated carbocycles. The summed E-state index contributed by atoms with van der Waals surface area (Å²) < 4.78 is 10.8. The van der Waals surface area contributed by atoms with E-state index >= 15 is 0 Å². The zero-order valence-electron chi connectivity index (χ0n) is 17.3. The van der Waals surface area contributed by atoms with Gasteiger partial charge in [-0.05, 0) is 38.4 Å². The highest BCUT2D eigenvalue weighted by molar-refractivity contribution is 6.29. The van der Waals surface area contributed by atoms with Gasteiger partial charge in [0.2, 0.25) is 5.28 Å². The van der Waals surface area contributed by atoms with Crippen LogP contribution in [0.1, 0.15) is 34.7 Å². The van der Waals surface area contributed by atoms with E-state index in [1.165, 1.54) is 23.2 Å². The first-order valence-corrected chi connectivity index (χ1v) is 9.50. The minimum Gasteiger partial charge on any atom is -0.383 e. The summed E-state index contributed by atoms with van der Waals surface area (Å²) in [6.07, 6.45) is 0. The molecule has 3 aromatic heterocycles. The molecule has 0 fully saturated rings. The second kappa shape index (κ2) is 7.64. The Morgan fingerprint density at radius 2 is 1.90 bits per heavy atom. The van der Waals surface area contributed by atoms with Crippen molar-refractivity contribution in [2.75, 3.05) is 13.7 Å². The second-order valence-corrected chi connectivity index (χ2v) is 7.57. The molecular formula is C19H24ClN5O4. The molecule has 3 heterocycles. The van der Waals surface area contributed by atoms with E-state index in [4.69, 9.17) is 16.3 Å². The standard InChI is InChI=1S/C19H24ClN5O4/c1-10-7-13(12(3)25(10)11(2)9-29-6)14(26)8-24-15-16(21-18(24)20)22(4)19(28)23(5)17(15)27/h7,11H,8-9H2,1-6H3/t11-/m0/s1. The van der Waals surface area contributed by atoms with Crippen LogP contribution in [-0.4, -0.2) is 42.8 Å². The van der Waals surface area contributed by atoms with Crippen LogP contribution in [0.15, 0.2) is 15.7 Å². The summed E-state index contributed by atoms with van der Waals surface area (Å²) >= 11 is 6.23. The van der Waals surface area contributed by atoms with Crippen LogP contribution in [0.5, 0.6) is 0 Å². The number of fused-ring (bicyclic) bond motifs is 1. The van der Waals surface area contributed by atoms with Crippen LogP contribution in [0.25, 0.3) is 11.2 Å². The summed E-state index contributed by atoms with van der Waals surface area (Å²) in [6, 6.07) is 1.89. The molecule has 0 aromatic carbocycles. The maximum atomic E-state index is 13.1. The molecule has 0 aliphatic carbocycles. The predicted molar refractivity (Wildman–Crippen MR) is 110 cm³/mol. The van der Waals surface area contributed by atoms with E-state index in [1.807, 2.05) is 31.4 Å². The summed E-state index contributed by atoms with van der Waals surface area (Å²) in [5, 5.41) is -0.0202. The molecule has 0 unspecified atom stereocenters. The van der Waals surface area contributed by atoms with Crippen molar-refractivity contribution in [3.8, 4) is 0 Å². The number of imidazole rings is 1. The number of aryl methyl sites for hydroxylation is 2. The van der Waals surface area contributed by atoms with Crippen molar-refractivity contribution in [3.05, 3.63) is 49.1 Å². The summed E-state index contributed by atoms with van der Waals surface area (Å²) in [7, 11) is 4.52. The van der Waals surface area contributed by atoms with Crippen molar-refractivity contribution in [3.63, 3.8) is 0 Å². The number of Topliss-reactive ketones (excluding diaryl/α,β-unsaturated/α-hetero) is 1. The Kier molecular flexibility index (Phi) is 5.55. The summed E-state index contributed by atoms with van der Waals surface area (Å²) in [4.78, 5) is 42.0. The Labute approximate surface area is 172 Å². The van der Waals surface area contributed by atoms with Crippen molar-refractivity contribution in [2.45, 2.75) is 33.4 Å².